The fourth-order valence-electron chi connectivity index (χ4n) is 4.32. The van der Waals surface area contributed by atoms with Crippen LogP contribution in [0.2, 0.25) is 5.02 Å². The molecule has 0 heterocycles. The van der Waals surface area contributed by atoms with E-state index in [4.69, 9.17) is 21.1 Å². The molecular formula is C31H29ClNO4P. The topological polar surface area (TPSA) is 67.8 Å². The number of carbonyl (C=O) groups excluding carboxylic acids is 1. The quantitative estimate of drug-likeness (QED) is 0.0816. The second-order valence-corrected chi connectivity index (χ2v) is 9.77. The molecule has 0 radical (unpaired) electrons. The van der Waals surface area contributed by atoms with Crippen LogP contribution in [0.1, 0.15) is 22.3 Å². The van der Waals surface area contributed by atoms with Gasteiger partial charge in [-0.25, -0.2) is 0 Å². The molecular weight excluding hydrogens is 517 g/mol. The molecule has 2 N–H and O–H groups in total. The summed E-state index contributed by atoms with van der Waals surface area (Å²) in [5.74, 6) is 0.0438. The number of esters is 1. The van der Waals surface area contributed by atoms with Crippen molar-refractivity contribution in [3.05, 3.63) is 143 Å². The summed E-state index contributed by atoms with van der Waals surface area (Å²) in [5.41, 5.74) is 4.45. The Labute approximate surface area is 230 Å². The summed E-state index contributed by atoms with van der Waals surface area (Å²) >= 11 is 6.81. The maximum absolute atomic E-state index is 12.2. The van der Waals surface area contributed by atoms with Crippen LogP contribution in [0.15, 0.2) is 116 Å². The summed E-state index contributed by atoms with van der Waals surface area (Å²) in [6.07, 6.45) is 1.71. The van der Waals surface area contributed by atoms with Crippen LogP contribution in [0.4, 0.5) is 0 Å². The van der Waals surface area contributed by atoms with Crippen LogP contribution >= 0.6 is 20.8 Å². The predicted octanol–water partition coefficient (Wildman–Crippen LogP) is 5.83. The van der Waals surface area contributed by atoms with Gasteiger partial charge in [0.05, 0.1) is 0 Å². The first-order valence-corrected chi connectivity index (χ1v) is 13.0. The lowest BCUT2D eigenvalue weighted by Gasteiger charge is -2.37. The monoisotopic (exact) mass is 545 g/mol. The smallest absolute Gasteiger partial charge is 0.326 e. The van der Waals surface area contributed by atoms with Crippen molar-refractivity contribution < 1.29 is 19.5 Å². The maximum Gasteiger partial charge on any atom is 0.326 e. The van der Waals surface area contributed by atoms with E-state index in [0.29, 0.717) is 10.8 Å². The Morgan fingerprint density at radius 3 is 2.21 bits per heavy atom. The lowest BCUT2D eigenvalue weighted by atomic mass is 9.80. The van der Waals surface area contributed by atoms with E-state index in [9.17, 15) is 10.0 Å². The SMILES string of the molecule is C=CCOC(=O)C(Cc1ccc(OC(c2ccccc2)(c2ccc(P)cc2)c2ccccc2Cl)cc1)NO. The molecule has 0 spiro atoms. The van der Waals surface area contributed by atoms with Gasteiger partial charge in [0.1, 0.15) is 18.4 Å². The van der Waals surface area contributed by atoms with Gasteiger partial charge >= 0.3 is 5.97 Å². The lowest BCUT2D eigenvalue weighted by molar-refractivity contribution is -0.147. The highest BCUT2D eigenvalue weighted by atomic mass is 35.5. The maximum atomic E-state index is 12.2. The number of halogens is 1. The largest absolute Gasteiger partial charge is 0.473 e. The summed E-state index contributed by atoms with van der Waals surface area (Å²) < 4.78 is 12.0. The summed E-state index contributed by atoms with van der Waals surface area (Å²) in [6.45, 7) is 3.61. The van der Waals surface area contributed by atoms with Crippen LogP contribution < -0.4 is 15.5 Å². The number of hydroxylamine groups is 1. The Bertz CT molecular complexity index is 1360. The normalized spacial score (nSPS) is 13.2. The van der Waals surface area contributed by atoms with Crippen molar-refractivity contribution in [1.29, 1.82) is 0 Å². The zero-order chi connectivity index (χ0) is 27.0. The minimum absolute atomic E-state index is 0.0745. The van der Waals surface area contributed by atoms with Gasteiger partial charge in [-0.2, -0.15) is 5.48 Å². The Kier molecular flexibility index (Phi) is 9.33. The minimum atomic E-state index is -1.04. The summed E-state index contributed by atoms with van der Waals surface area (Å²) in [6, 6.07) is 32.3. The van der Waals surface area contributed by atoms with Crippen LogP contribution in [-0.2, 0) is 21.6 Å². The van der Waals surface area contributed by atoms with Crippen molar-refractivity contribution in [3.63, 3.8) is 0 Å². The molecule has 0 aliphatic rings. The average Bonchev–Trinajstić information content (AvgIpc) is 2.95. The molecule has 5 nitrogen and oxygen atoms in total. The molecule has 0 aliphatic carbocycles. The summed E-state index contributed by atoms with van der Waals surface area (Å²) in [5, 5.41) is 11.1. The lowest BCUT2D eigenvalue weighted by Crippen LogP contribution is -2.38. The highest BCUT2D eigenvalue weighted by Crippen LogP contribution is 2.43. The van der Waals surface area contributed by atoms with Crippen molar-refractivity contribution in [3.8, 4) is 5.75 Å². The van der Waals surface area contributed by atoms with Gasteiger partial charge in [-0.05, 0) is 29.1 Å². The van der Waals surface area contributed by atoms with Crippen molar-refractivity contribution in [2.75, 3.05) is 6.61 Å². The van der Waals surface area contributed by atoms with Gasteiger partial charge in [-0.15, -0.1) is 9.24 Å². The Balaban J connectivity index is 1.75. The molecule has 0 saturated heterocycles. The van der Waals surface area contributed by atoms with E-state index in [1.54, 1.807) is 0 Å². The molecule has 0 bridgehead atoms. The highest BCUT2D eigenvalue weighted by Gasteiger charge is 2.40. The standard InChI is InChI=1S/C31H29ClNO4P/c1-2-20-36-30(34)29(33-35)21-22-12-16-25(17-13-22)37-31(23-8-4-3-5-9-23,24-14-18-26(38)19-15-24)27-10-6-7-11-28(27)32/h2-19,29,33,35H,1,20-21,38H2. The second kappa shape index (κ2) is 12.9. The zero-order valence-corrected chi connectivity index (χ0v) is 22.6. The number of rotatable bonds is 11. The zero-order valence-electron chi connectivity index (χ0n) is 20.7. The van der Waals surface area contributed by atoms with E-state index in [-0.39, 0.29) is 13.0 Å². The predicted molar refractivity (Wildman–Crippen MR) is 154 cm³/mol. The fraction of sp³-hybridized carbons (Fsp3) is 0.129. The van der Waals surface area contributed by atoms with E-state index in [0.717, 1.165) is 27.6 Å². The molecule has 3 unspecified atom stereocenters. The van der Waals surface area contributed by atoms with E-state index >= 15 is 0 Å². The van der Waals surface area contributed by atoms with E-state index in [1.165, 1.54) is 6.08 Å². The Hall–Kier alpha value is -3.47. The molecule has 0 amide bonds. The van der Waals surface area contributed by atoms with Crippen LogP contribution in [0.3, 0.4) is 0 Å². The first-order valence-electron chi connectivity index (χ1n) is 12.1. The Morgan fingerprint density at radius 2 is 1.58 bits per heavy atom. The molecule has 3 atom stereocenters. The summed E-state index contributed by atoms with van der Waals surface area (Å²) in [7, 11) is 2.71. The van der Waals surface area contributed by atoms with Gasteiger partial charge in [0.15, 0.2) is 5.60 Å². The number of carbonyl (C=O) groups is 1. The third-order valence-electron chi connectivity index (χ3n) is 6.17. The number of hydrogen-bond donors (Lipinski definition) is 2. The molecule has 0 fully saturated rings. The van der Waals surface area contributed by atoms with Crippen molar-refractivity contribution >= 4 is 32.1 Å². The van der Waals surface area contributed by atoms with Gasteiger partial charge in [0, 0.05) is 28.1 Å². The van der Waals surface area contributed by atoms with Crippen molar-refractivity contribution in [1.82, 2.24) is 5.48 Å². The molecule has 38 heavy (non-hydrogen) atoms. The molecule has 7 heteroatoms. The number of benzene rings is 4. The first-order chi connectivity index (χ1) is 18.5. The third-order valence-corrected chi connectivity index (χ3v) is 6.88. The highest BCUT2D eigenvalue weighted by molar-refractivity contribution is 7.27. The van der Waals surface area contributed by atoms with Gasteiger partial charge < -0.3 is 14.7 Å². The molecule has 4 aromatic rings. The van der Waals surface area contributed by atoms with Crippen LogP contribution in [-0.4, -0.2) is 23.8 Å². The van der Waals surface area contributed by atoms with Gasteiger partial charge in [-0.3, -0.25) is 4.79 Å². The van der Waals surface area contributed by atoms with E-state index in [1.807, 2.05) is 109 Å². The average molecular weight is 546 g/mol. The molecule has 0 aliphatic heterocycles. The van der Waals surface area contributed by atoms with Gasteiger partial charge in [-0.1, -0.05) is 109 Å². The number of ether oxygens (including phenoxy) is 2. The molecule has 194 valence electrons. The molecule has 4 rings (SSSR count). The van der Waals surface area contributed by atoms with Gasteiger partial charge in [0.2, 0.25) is 0 Å². The third kappa shape index (κ3) is 6.15. The summed E-state index contributed by atoms with van der Waals surface area (Å²) in [4.78, 5) is 12.2. The molecule has 0 aromatic heterocycles. The second-order valence-electron chi connectivity index (χ2n) is 8.70. The van der Waals surface area contributed by atoms with E-state index in [2.05, 4.69) is 15.8 Å². The van der Waals surface area contributed by atoms with Crippen molar-refractivity contribution in [2.24, 2.45) is 0 Å². The van der Waals surface area contributed by atoms with Crippen molar-refractivity contribution in [2.45, 2.75) is 18.1 Å². The number of hydrogen-bond acceptors (Lipinski definition) is 5. The Morgan fingerprint density at radius 1 is 0.947 bits per heavy atom. The first kappa shape index (κ1) is 27.6. The molecule has 0 saturated carbocycles. The molecule has 4 aromatic carbocycles. The van der Waals surface area contributed by atoms with Crippen LogP contribution in [0, 0.1) is 0 Å². The van der Waals surface area contributed by atoms with Crippen LogP contribution in [0.25, 0.3) is 0 Å². The van der Waals surface area contributed by atoms with Gasteiger partial charge in [0.25, 0.3) is 0 Å². The van der Waals surface area contributed by atoms with Crippen LogP contribution in [0.5, 0.6) is 5.75 Å². The minimum Gasteiger partial charge on any atom is -0.473 e. The number of nitrogens with one attached hydrogen (secondary N) is 1. The van der Waals surface area contributed by atoms with E-state index < -0.39 is 17.6 Å². The fourth-order valence-corrected chi connectivity index (χ4v) is 4.78.